The fourth-order valence-corrected chi connectivity index (χ4v) is 4.96. The van der Waals surface area contributed by atoms with E-state index >= 15 is 0 Å². The zero-order valence-electron chi connectivity index (χ0n) is 31.2. The summed E-state index contributed by atoms with van der Waals surface area (Å²) in [5.41, 5.74) is 0.846. The van der Waals surface area contributed by atoms with Crippen molar-refractivity contribution < 1.29 is 52.4 Å². The molecular weight excluding hydrogens is 710 g/mol. The number of rotatable bonds is 31. The Kier molecular flexibility index (Phi) is 39.7. The van der Waals surface area contributed by atoms with Crippen LogP contribution in [0.25, 0.3) is 0 Å². The van der Waals surface area contributed by atoms with Crippen molar-refractivity contribution in [1.29, 1.82) is 0 Å². The van der Waals surface area contributed by atoms with Crippen molar-refractivity contribution in [2.24, 2.45) is 11.8 Å². The molecule has 0 aliphatic heterocycles. The van der Waals surface area contributed by atoms with E-state index in [1.807, 2.05) is 58.0 Å². The molecule has 14 heteroatoms. The molecule has 0 aliphatic carbocycles. The quantitative estimate of drug-likeness (QED) is 0.0601. The largest absolute Gasteiger partial charge is 0.447 e. The molecule has 0 saturated carbocycles. The second-order valence-corrected chi connectivity index (χ2v) is 12.3. The van der Waals surface area contributed by atoms with Gasteiger partial charge in [-0.15, -0.1) is 0 Å². The minimum absolute atomic E-state index is 0. The van der Waals surface area contributed by atoms with Gasteiger partial charge in [-0.2, -0.15) is 0 Å². The summed E-state index contributed by atoms with van der Waals surface area (Å²) in [6.07, 6.45) is 0.484. The summed E-state index contributed by atoms with van der Waals surface area (Å²) < 4.78 is 31.8. The maximum absolute atomic E-state index is 13.6. The summed E-state index contributed by atoms with van der Waals surface area (Å²) in [7, 11) is 1.60. The van der Waals surface area contributed by atoms with E-state index in [0.717, 1.165) is 5.56 Å². The van der Waals surface area contributed by atoms with Crippen molar-refractivity contribution in [2.45, 2.75) is 115 Å². The van der Waals surface area contributed by atoms with Gasteiger partial charge in [0.05, 0.1) is 39.0 Å². The molecule has 1 rings (SSSR count). The Morgan fingerprint density at radius 3 is 2.02 bits per heavy atom. The second kappa shape index (κ2) is 37.5. The highest BCUT2D eigenvalue weighted by atomic mass is 16.7. The van der Waals surface area contributed by atoms with E-state index in [4.69, 9.17) is 28.4 Å². The Labute approximate surface area is 332 Å². The molecule has 0 fully saturated rings. The van der Waals surface area contributed by atoms with Gasteiger partial charge in [0.15, 0.2) is 17.9 Å². The van der Waals surface area contributed by atoms with Crippen molar-refractivity contribution in [3.8, 4) is 0 Å². The van der Waals surface area contributed by atoms with E-state index in [0.29, 0.717) is 65.4 Å². The standard InChI is InChI=1S/C37H61N3O11.4CH4/c1-6-49-35(50-7-2)16-19-48-22-23-51-37(45)39-27-31(41)26-30(25-29-12-9-8-10-13-29)36(44)40-32(24-28(3)4)33(42)14-15-34(43)38-17-11-18-47-21-20-46-5;;;;/h8-10,12-13,28,30,32,35H,6-7,11,14-27H2,1-5H3,(H,38,43)(H,39,45)(H,40,44);4*1H4. The van der Waals surface area contributed by atoms with Crippen LogP contribution in [0.4, 0.5) is 4.79 Å². The number of methoxy groups -OCH3 is 1. The zero-order valence-corrected chi connectivity index (χ0v) is 31.2. The summed E-state index contributed by atoms with van der Waals surface area (Å²) in [5, 5.41) is 8.08. The van der Waals surface area contributed by atoms with Crippen LogP contribution in [-0.2, 0) is 54.0 Å². The van der Waals surface area contributed by atoms with Gasteiger partial charge < -0.3 is 44.4 Å². The van der Waals surface area contributed by atoms with E-state index in [1.54, 1.807) is 7.11 Å². The van der Waals surface area contributed by atoms with Gasteiger partial charge in [-0.1, -0.05) is 73.9 Å². The molecule has 3 amide bonds. The lowest BCUT2D eigenvalue weighted by molar-refractivity contribution is -0.147. The van der Waals surface area contributed by atoms with Crippen molar-refractivity contribution in [2.75, 3.05) is 73.1 Å². The van der Waals surface area contributed by atoms with Crippen molar-refractivity contribution in [3.05, 3.63) is 35.9 Å². The van der Waals surface area contributed by atoms with Crippen LogP contribution in [0.2, 0.25) is 0 Å². The first-order valence-corrected chi connectivity index (χ1v) is 18.0. The van der Waals surface area contributed by atoms with Crippen LogP contribution in [0.3, 0.4) is 0 Å². The summed E-state index contributed by atoms with van der Waals surface area (Å²) in [5.74, 6) is -2.03. The van der Waals surface area contributed by atoms with Gasteiger partial charge in [0, 0.05) is 65.1 Å². The second-order valence-electron chi connectivity index (χ2n) is 12.3. The molecule has 2 atom stereocenters. The Bertz CT molecular complexity index is 1120. The number of carbonyl (C=O) groups is 5. The fourth-order valence-electron chi connectivity index (χ4n) is 4.96. The van der Waals surface area contributed by atoms with Crippen LogP contribution in [0.15, 0.2) is 30.3 Å². The first-order chi connectivity index (χ1) is 24.6. The topological polar surface area (TPSA) is 177 Å². The number of nitrogens with one attached hydrogen (secondary N) is 3. The molecule has 14 nitrogen and oxygen atoms in total. The molecule has 0 bridgehead atoms. The number of amides is 3. The van der Waals surface area contributed by atoms with E-state index in [1.165, 1.54) is 0 Å². The third-order valence-corrected chi connectivity index (χ3v) is 7.49. The highest BCUT2D eigenvalue weighted by molar-refractivity contribution is 5.94. The summed E-state index contributed by atoms with van der Waals surface area (Å²) in [6.45, 7) is 10.8. The lowest BCUT2D eigenvalue weighted by Gasteiger charge is -2.23. The Hall–Kier alpha value is -3.43. The molecule has 3 N–H and O–H groups in total. The molecule has 0 saturated heterocycles. The molecule has 1 aromatic rings. The summed E-state index contributed by atoms with van der Waals surface area (Å²) in [6, 6.07) is 8.44. The van der Waals surface area contributed by atoms with Crippen LogP contribution in [0.1, 0.15) is 101 Å². The number of ketones is 2. The van der Waals surface area contributed by atoms with Gasteiger partial charge in [-0.05, 0) is 44.6 Å². The van der Waals surface area contributed by atoms with Gasteiger partial charge in [-0.3, -0.25) is 19.2 Å². The third kappa shape index (κ3) is 30.5. The molecule has 0 radical (unpaired) electrons. The van der Waals surface area contributed by atoms with Gasteiger partial charge in [0.1, 0.15) is 6.61 Å². The molecule has 1 aromatic carbocycles. The van der Waals surface area contributed by atoms with Crippen LogP contribution < -0.4 is 16.0 Å². The summed E-state index contributed by atoms with van der Waals surface area (Å²) in [4.78, 5) is 64.3. The minimum atomic E-state index is -0.813. The number of benzene rings is 1. The van der Waals surface area contributed by atoms with Gasteiger partial charge in [0.2, 0.25) is 11.8 Å². The fraction of sp³-hybridized carbons (Fsp3) is 0.732. The Morgan fingerprint density at radius 2 is 1.40 bits per heavy atom. The third-order valence-electron chi connectivity index (χ3n) is 7.49. The van der Waals surface area contributed by atoms with Crippen molar-refractivity contribution >= 4 is 29.5 Å². The zero-order chi connectivity index (χ0) is 37.7. The Morgan fingerprint density at radius 1 is 0.764 bits per heavy atom. The van der Waals surface area contributed by atoms with Crippen LogP contribution in [0, 0.1) is 11.8 Å². The maximum Gasteiger partial charge on any atom is 0.407 e. The SMILES string of the molecule is C.C.C.C.CCOC(CCOCCOC(=O)NCC(=O)CC(Cc1ccccc1)C(=O)NC(CC(C)C)C(=O)CCC(=O)NCCCOCCOC)OCC. The molecule has 322 valence electrons. The van der Waals surface area contributed by atoms with Gasteiger partial charge >= 0.3 is 6.09 Å². The minimum Gasteiger partial charge on any atom is -0.447 e. The lowest BCUT2D eigenvalue weighted by atomic mass is 9.91. The first-order valence-electron chi connectivity index (χ1n) is 18.0. The van der Waals surface area contributed by atoms with Crippen LogP contribution in [-0.4, -0.2) is 115 Å². The van der Waals surface area contributed by atoms with E-state index < -0.39 is 24.0 Å². The first kappa shape index (κ1) is 58.3. The molecule has 0 spiro atoms. The molecule has 0 aliphatic rings. The van der Waals surface area contributed by atoms with Crippen LogP contribution in [0.5, 0.6) is 0 Å². The van der Waals surface area contributed by atoms with Crippen molar-refractivity contribution in [3.63, 3.8) is 0 Å². The molecule has 0 heterocycles. The van der Waals surface area contributed by atoms with E-state index in [2.05, 4.69) is 16.0 Å². The molecule has 55 heavy (non-hydrogen) atoms. The molecular formula is C41H77N3O11. The number of ether oxygens (including phenoxy) is 6. The number of hydrogen-bond donors (Lipinski definition) is 3. The van der Waals surface area contributed by atoms with E-state index in [-0.39, 0.29) is 105 Å². The monoisotopic (exact) mass is 788 g/mol. The number of alkyl carbamates (subject to hydrolysis) is 1. The van der Waals surface area contributed by atoms with E-state index in [9.17, 15) is 24.0 Å². The number of carbonyl (C=O) groups excluding carboxylic acids is 5. The maximum atomic E-state index is 13.6. The lowest BCUT2D eigenvalue weighted by Crippen LogP contribution is -2.46. The normalized spacial score (nSPS) is 11.5. The average molecular weight is 788 g/mol. The molecule has 2 unspecified atom stereocenters. The Balaban J connectivity index is -0.00000325. The van der Waals surface area contributed by atoms with Gasteiger partial charge in [0.25, 0.3) is 0 Å². The van der Waals surface area contributed by atoms with Gasteiger partial charge in [-0.25, -0.2) is 4.79 Å². The highest BCUT2D eigenvalue weighted by Crippen LogP contribution is 2.16. The smallest absolute Gasteiger partial charge is 0.407 e. The summed E-state index contributed by atoms with van der Waals surface area (Å²) >= 11 is 0. The van der Waals surface area contributed by atoms with Crippen molar-refractivity contribution in [1.82, 2.24) is 16.0 Å². The predicted octanol–water partition coefficient (Wildman–Crippen LogP) is 5.93. The number of Topliss-reactive ketones (excluding diaryl/α,β-unsaturated/α-hetero) is 2. The average Bonchev–Trinajstić information content (AvgIpc) is 3.10. The predicted molar refractivity (Wildman–Crippen MR) is 218 cm³/mol. The molecule has 0 aromatic heterocycles. The highest BCUT2D eigenvalue weighted by Gasteiger charge is 2.28. The van der Waals surface area contributed by atoms with Crippen LogP contribution >= 0.6 is 0 Å². The number of hydrogen-bond acceptors (Lipinski definition) is 11.